The van der Waals surface area contributed by atoms with E-state index in [2.05, 4.69) is 34.1 Å². The van der Waals surface area contributed by atoms with Crippen molar-refractivity contribution >= 4 is 16.8 Å². The van der Waals surface area contributed by atoms with Gasteiger partial charge in [-0.25, -0.2) is 0 Å². The Labute approximate surface area is 205 Å². The van der Waals surface area contributed by atoms with E-state index in [0.29, 0.717) is 36.8 Å². The number of amides is 1. The summed E-state index contributed by atoms with van der Waals surface area (Å²) < 4.78 is 11.5. The molecule has 0 aliphatic carbocycles. The topological polar surface area (TPSA) is 54.9 Å². The van der Waals surface area contributed by atoms with Crippen molar-refractivity contribution in [2.45, 2.75) is 13.2 Å². The molecule has 0 spiro atoms. The zero-order valence-electron chi connectivity index (χ0n) is 19.9. The smallest absolute Gasteiger partial charge is 0.254 e. The maximum atomic E-state index is 13.2. The molecule has 3 aromatic carbocycles. The van der Waals surface area contributed by atoms with Gasteiger partial charge in [0, 0.05) is 49.9 Å². The molecule has 1 amide bonds. The van der Waals surface area contributed by atoms with Crippen molar-refractivity contribution in [1.29, 1.82) is 0 Å². The van der Waals surface area contributed by atoms with Gasteiger partial charge in [0.15, 0.2) is 11.5 Å². The number of ether oxygens (including phenoxy) is 2. The molecule has 4 aromatic rings. The van der Waals surface area contributed by atoms with E-state index in [4.69, 9.17) is 9.47 Å². The van der Waals surface area contributed by atoms with Gasteiger partial charge >= 0.3 is 0 Å². The van der Waals surface area contributed by atoms with Crippen LogP contribution < -0.4 is 9.47 Å². The van der Waals surface area contributed by atoms with Crippen molar-refractivity contribution in [3.05, 3.63) is 102 Å². The molecule has 0 bridgehead atoms. The predicted octanol–water partition coefficient (Wildman–Crippen LogP) is 4.78. The van der Waals surface area contributed by atoms with E-state index in [1.165, 1.54) is 5.56 Å². The predicted molar refractivity (Wildman–Crippen MR) is 137 cm³/mol. The lowest BCUT2D eigenvalue weighted by molar-refractivity contribution is 0.0628. The summed E-state index contributed by atoms with van der Waals surface area (Å²) >= 11 is 0. The van der Waals surface area contributed by atoms with E-state index in [1.807, 2.05) is 59.6 Å². The molecule has 0 saturated carbocycles. The molecule has 5 rings (SSSR count). The van der Waals surface area contributed by atoms with Crippen LogP contribution in [0.1, 0.15) is 21.5 Å². The largest absolute Gasteiger partial charge is 0.493 e. The fourth-order valence-corrected chi connectivity index (χ4v) is 4.48. The molecule has 0 unspecified atom stereocenters. The summed E-state index contributed by atoms with van der Waals surface area (Å²) in [7, 11) is 1.60. The molecule has 0 N–H and O–H groups in total. The minimum Gasteiger partial charge on any atom is -0.493 e. The second-order valence-corrected chi connectivity index (χ2v) is 8.70. The molecule has 35 heavy (non-hydrogen) atoms. The van der Waals surface area contributed by atoms with Gasteiger partial charge in [-0.15, -0.1) is 0 Å². The van der Waals surface area contributed by atoms with E-state index < -0.39 is 0 Å². The van der Waals surface area contributed by atoms with Gasteiger partial charge in [-0.3, -0.25) is 14.7 Å². The summed E-state index contributed by atoms with van der Waals surface area (Å²) in [5.74, 6) is 1.21. The first-order valence-electron chi connectivity index (χ1n) is 11.9. The number of piperazine rings is 1. The molecular formula is C29H29N3O3. The van der Waals surface area contributed by atoms with Crippen LogP contribution in [0.25, 0.3) is 10.9 Å². The van der Waals surface area contributed by atoms with Crippen molar-refractivity contribution in [3.63, 3.8) is 0 Å². The lowest BCUT2D eigenvalue weighted by Gasteiger charge is -2.35. The zero-order chi connectivity index (χ0) is 24.0. The van der Waals surface area contributed by atoms with Gasteiger partial charge in [-0.1, -0.05) is 54.6 Å². The lowest BCUT2D eigenvalue weighted by atomic mass is 10.1. The average Bonchev–Trinajstić information content (AvgIpc) is 2.92. The van der Waals surface area contributed by atoms with Gasteiger partial charge in [0.25, 0.3) is 5.91 Å². The van der Waals surface area contributed by atoms with Crippen LogP contribution in [-0.2, 0) is 13.2 Å². The number of hydrogen-bond donors (Lipinski definition) is 0. The molecule has 6 heteroatoms. The summed E-state index contributed by atoms with van der Waals surface area (Å²) in [6.45, 7) is 4.29. The van der Waals surface area contributed by atoms with E-state index in [9.17, 15) is 4.79 Å². The van der Waals surface area contributed by atoms with Crippen LogP contribution in [-0.4, -0.2) is 54.0 Å². The number of para-hydroxylation sites is 1. The third-order valence-corrected chi connectivity index (χ3v) is 6.42. The molecule has 6 nitrogen and oxygen atoms in total. The van der Waals surface area contributed by atoms with Crippen LogP contribution in [0, 0.1) is 0 Å². The van der Waals surface area contributed by atoms with Gasteiger partial charge in [0.2, 0.25) is 0 Å². The summed E-state index contributed by atoms with van der Waals surface area (Å²) in [5, 5.41) is 1.16. The average molecular weight is 468 g/mol. The highest BCUT2D eigenvalue weighted by Crippen LogP contribution is 2.29. The Morgan fingerprint density at radius 1 is 0.886 bits per heavy atom. The summed E-state index contributed by atoms with van der Waals surface area (Å²) in [6, 6.07) is 25.8. The second kappa shape index (κ2) is 10.6. The standard InChI is InChI=1S/C29H29N3O3/c1-34-27-19-24(12-13-26(27)35-21-22-7-3-2-4-8-22)29(33)32-17-15-31(16-18-32)20-25-10-5-9-23-11-6-14-30-28(23)25/h2-14,19H,15-18,20-21H2,1H3. The zero-order valence-corrected chi connectivity index (χ0v) is 19.9. The number of carbonyl (C=O) groups excluding carboxylic acids is 1. The van der Waals surface area contributed by atoms with Crippen molar-refractivity contribution < 1.29 is 14.3 Å². The molecule has 1 fully saturated rings. The second-order valence-electron chi connectivity index (χ2n) is 8.70. The summed E-state index contributed by atoms with van der Waals surface area (Å²) in [6.07, 6.45) is 1.84. The quantitative estimate of drug-likeness (QED) is 0.392. The Bertz CT molecular complexity index is 1300. The van der Waals surface area contributed by atoms with Crippen LogP contribution >= 0.6 is 0 Å². The lowest BCUT2D eigenvalue weighted by Crippen LogP contribution is -2.48. The van der Waals surface area contributed by atoms with Gasteiger partial charge in [0.1, 0.15) is 6.61 Å². The monoisotopic (exact) mass is 467 g/mol. The van der Waals surface area contributed by atoms with Gasteiger partial charge in [0.05, 0.1) is 12.6 Å². The van der Waals surface area contributed by atoms with Crippen molar-refractivity contribution in [2.24, 2.45) is 0 Å². The minimum absolute atomic E-state index is 0.0180. The van der Waals surface area contributed by atoms with Crippen LogP contribution in [0.2, 0.25) is 0 Å². The number of methoxy groups -OCH3 is 1. The number of pyridine rings is 1. The Kier molecular flexibility index (Phi) is 6.91. The van der Waals surface area contributed by atoms with Gasteiger partial charge in [-0.05, 0) is 35.4 Å². The van der Waals surface area contributed by atoms with Crippen LogP contribution in [0.5, 0.6) is 11.5 Å². The number of aromatic nitrogens is 1. The molecule has 2 heterocycles. The van der Waals surface area contributed by atoms with Crippen LogP contribution in [0.4, 0.5) is 0 Å². The van der Waals surface area contributed by atoms with Gasteiger partial charge < -0.3 is 14.4 Å². The Balaban J connectivity index is 1.20. The van der Waals surface area contributed by atoms with Crippen molar-refractivity contribution in [3.8, 4) is 11.5 Å². The van der Waals surface area contributed by atoms with E-state index >= 15 is 0 Å². The first-order chi connectivity index (χ1) is 17.2. The molecular weight excluding hydrogens is 438 g/mol. The molecule has 178 valence electrons. The molecule has 0 radical (unpaired) electrons. The third-order valence-electron chi connectivity index (χ3n) is 6.42. The molecule has 1 aliphatic rings. The highest BCUT2D eigenvalue weighted by atomic mass is 16.5. The Morgan fingerprint density at radius 3 is 2.49 bits per heavy atom. The molecule has 0 atom stereocenters. The van der Waals surface area contributed by atoms with Gasteiger partial charge in [-0.2, -0.15) is 0 Å². The fraction of sp³-hybridized carbons (Fsp3) is 0.241. The minimum atomic E-state index is 0.0180. The number of fused-ring (bicyclic) bond motifs is 1. The summed E-state index contributed by atoms with van der Waals surface area (Å²) in [4.78, 5) is 22.1. The molecule has 1 aliphatic heterocycles. The first-order valence-corrected chi connectivity index (χ1v) is 11.9. The SMILES string of the molecule is COc1cc(C(=O)N2CCN(Cc3cccc4cccnc34)CC2)ccc1OCc1ccccc1. The summed E-state index contributed by atoms with van der Waals surface area (Å²) in [5.41, 5.74) is 3.96. The first kappa shape index (κ1) is 22.9. The number of rotatable bonds is 7. The van der Waals surface area contributed by atoms with E-state index in [-0.39, 0.29) is 5.91 Å². The Morgan fingerprint density at radius 2 is 1.69 bits per heavy atom. The number of hydrogen-bond acceptors (Lipinski definition) is 5. The van der Waals surface area contributed by atoms with Crippen LogP contribution in [0.3, 0.4) is 0 Å². The highest BCUT2D eigenvalue weighted by molar-refractivity contribution is 5.95. The number of nitrogens with zero attached hydrogens (tertiary/aromatic N) is 3. The van der Waals surface area contributed by atoms with E-state index in [0.717, 1.165) is 36.1 Å². The number of benzene rings is 3. The van der Waals surface area contributed by atoms with Crippen molar-refractivity contribution in [1.82, 2.24) is 14.8 Å². The van der Waals surface area contributed by atoms with Crippen molar-refractivity contribution in [2.75, 3.05) is 33.3 Å². The molecule has 1 saturated heterocycles. The normalized spacial score (nSPS) is 14.1. The van der Waals surface area contributed by atoms with E-state index in [1.54, 1.807) is 13.2 Å². The maximum Gasteiger partial charge on any atom is 0.254 e. The Hall–Kier alpha value is -3.90. The number of carbonyl (C=O) groups is 1. The highest BCUT2D eigenvalue weighted by Gasteiger charge is 2.23. The molecule has 1 aromatic heterocycles. The fourth-order valence-electron chi connectivity index (χ4n) is 4.48. The third kappa shape index (κ3) is 5.28. The maximum absolute atomic E-state index is 13.2. The van der Waals surface area contributed by atoms with Crippen LogP contribution in [0.15, 0.2) is 85.1 Å².